The highest BCUT2D eigenvalue weighted by Crippen LogP contribution is 2.37. The first-order chi connectivity index (χ1) is 14.2. The van der Waals surface area contributed by atoms with E-state index in [0.29, 0.717) is 29.6 Å². The summed E-state index contributed by atoms with van der Waals surface area (Å²) in [6.07, 6.45) is -3.24. The molecular weight excluding hydrogens is 447 g/mol. The zero-order chi connectivity index (χ0) is 21.5. The zero-order valence-electron chi connectivity index (χ0n) is 15.2. The number of nitrogens with one attached hydrogen (secondary N) is 2. The highest BCUT2D eigenvalue weighted by molar-refractivity contribution is 6.42. The molecule has 2 aromatic carbocycles. The van der Waals surface area contributed by atoms with E-state index in [-0.39, 0.29) is 33.2 Å². The standard InChI is InChI=1S/C19H14Cl2F4N4O/c20-12-1-2-13(17(22)16(12)21)29-18-11-3-10(9-5-26-6-9)15(30-7-19(23,24)25)4-14(11)27-8-28-18/h1-4,8-9,26H,5-7H2,(H,27,28,29). The molecule has 0 atom stereocenters. The summed E-state index contributed by atoms with van der Waals surface area (Å²) in [5.41, 5.74) is 0.993. The van der Waals surface area contributed by atoms with Crippen molar-refractivity contribution >= 4 is 45.6 Å². The number of halogens is 6. The van der Waals surface area contributed by atoms with Gasteiger partial charge in [-0.1, -0.05) is 23.2 Å². The van der Waals surface area contributed by atoms with Gasteiger partial charge in [-0.25, -0.2) is 14.4 Å². The van der Waals surface area contributed by atoms with Gasteiger partial charge >= 0.3 is 6.18 Å². The predicted octanol–water partition coefficient (Wildman–Crippen LogP) is 5.45. The Morgan fingerprint density at radius 3 is 2.60 bits per heavy atom. The number of hydrogen-bond acceptors (Lipinski definition) is 5. The van der Waals surface area contributed by atoms with Crippen molar-refractivity contribution in [3.05, 3.63) is 52.0 Å². The molecule has 2 N–H and O–H groups in total. The van der Waals surface area contributed by atoms with Gasteiger partial charge in [-0.3, -0.25) is 0 Å². The van der Waals surface area contributed by atoms with Crippen LogP contribution < -0.4 is 15.4 Å². The van der Waals surface area contributed by atoms with Gasteiger partial charge in [-0.2, -0.15) is 13.2 Å². The summed E-state index contributed by atoms with van der Waals surface area (Å²) >= 11 is 11.7. The molecule has 0 unspecified atom stereocenters. The molecule has 0 spiro atoms. The van der Waals surface area contributed by atoms with E-state index < -0.39 is 18.6 Å². The van der Waals surface area contributed by atoms with Gasteiger partial charge in [0.25, 0.3) is 0 Å². The average Bonchev–Trinajstić information content (AvgIpc) is 2.65. The summed E-state index contributed by atoms with van der Waals surface area (Å²) in [4.78, 5) is 8.27. The Balaban J connectivity index is 1.76. The molecule has 1 aromatic heterocycles. The summed E-state index contributed by atoms with van der Waals surface area (Å²) < 4.78 is 57.5. The number of alkyl halides is 3. The summed E-state index contributed by atoms with van der Waals surface area (Å²) in [6.45, 7) is -0.201. The maximum atomic E-state index is 14.4. The van der Waals surface area contributed by atoms with Gasteiger partial charge in [0, 0.05) is 36.0 Å². The van der Waals surface area contributed by atoms with Crippen molar-refractivity contribution in [1.82, 2.24) is 15.3 Å². The number of fused-ring (bicyclic) bond motifs is 1. The van der Waals surface area contributed by atoms with E-state index in [1.54, 1.807) is 6.07 Å². The maximum Gasteiger partial charge on any atom is 0.422 e. The topological polar surface area (TPSA) is 59.1 Å². The molecule has 2 heterocycles. The Hall–Kier alpha value is -2.36. The molecule has 4 rings (SSSR count). The van der Waals surface area contributed by atoms with E-state index in [1.807, 2.05) is 0 Å². The Morgan fingerprint density at radius 1 is 1.17 bits per heavy atom. The van der Waals surface area contributed by atoms with Gasteiger partial charge < -0.3 is 15.4 Å². The van der Waals surface area contributed by atoms with Gasteiger partial charge in [0.1, 0.15) is 17.9 Å². The fraction of sp³-hybridized carbons (Fsp3) is 0.263. The number of aromatic nitrogens is 2. The molecule has 0 bridgehead atoms. The number of hydrogen-bond donors (Lipinski definition) is 2. The SMILES string of the molecule is Fc1c(Nc2ncnc3cc(OCC(F)(F)F)c(C4CNC4)cc23)ccc(Cl)c1Cl. The van der Waals surface area contributed by atoms with E-state index >= 15 is 0 Å². The molecule has 5 nitrogen and oxygen atoms in total. The van der Waals surface area contributed by atoms with E-state index in [4.69, 9.17) is 27.9 Å². The normalized spacial score (nSPS) is 14.6. The second-order valence-electron chi connectivity index (χ2n) is 6.74. The first-order valence-electron chi connectivity index (χ1n) is 8.82. The molecule has 0 amide bonds. The van der Waals surface area contributed by atoms with Crippen LogP contribution in [0.1, 0.15) is 11.5 Å². The van der Waals surface area contributed by atoms with Crippen LogP contribution >= 0.6 is 23.2 Å². The minimum atomic E-state index is -4.46. The number of nitrogens with zero attached hydrogens (tertiary/aromatic N) is 2. The van der Waals surface area contributed by atoms with Crippen molar-refractivity contribution in [3.8, 4) is 5.75 Å². The monoisotopic (exact) mass is 460 g/mol. The lowest BCUT2D eigenvalue weighted by Crippen LogP contribution is -2.40. The largest absolute Gasteiger partial charge is 0.484 e. The van der Waals surface area contributed by atoms with Gasteiger partial charge in [0.2, 0.25) is 0 Å². The lowest BCUT2D eigenvalue weighted by atomic mass is 9.91. The van der Waals surface area contributed by atoms with Crippen molar-refractivity contribution in [2.45, 2.75) is 12.1 Å². The van der Waals surface area contributed by atoms with E-state index in [9.17, 15) is 17.6 Å². The average molecular weight is 461 g/mol. The van der Waals surface area contributed by atoms with Crippen LogP contribution in [0.2, 0.25) is 10.0 Å². The number of benzene rings is 2. The third-order valence-electron chi connectivity index (χ3n) is 4.67. The van der Waals surface area contributed by atoms with Crippen LogP contribution in [0.4, 0.5) is 29.1 Å². The first kappa shape index (κ1) is 20.9. The van der Waals surface area contributed by atoms with E-state index in [0.717, 1.165) is 0 Å². The Morgan fingerprint density at radius 2 is 1.93 bits per heavy atom. The van der Waals surface area contributed by atoms with Crippen LogP contribution in [-0.4, -0.2) is 35.8 Å². The quantitative estimate of drug-likeness (QED) is 0.391. The Bertz CT molecular complexity index is 1110. The fourth-order valence-corrected chi connectivity index (χ4v) is 3.37. The molecule has 0 aliphatic carbocycles. The summed E-state index contributed by atoms with van der Waals surface area (Å²) in [5, 5.41) is 6.27. The molecular formula is C19H14Cl2F4N4O. The summed E-state index contributed by atoms with van der Waals surface area (Å²) in [6, 6.07) is 5.96. The molecule has 1 aliphatic heterocycles. The van der Waals surface area contributed by atoms with E-state index in [2.05, 4.69) is 20.6 Å². The van der Waals surface area contributed by atoms with E-state index in [1.165, 1.54) is 24.5 Å². The minimum Gasteiger partial charge on any atom is -0.484 e. The Labute approximate surface area is 178 Å². The van der Waals surface area contributed by atoms with Crippen LogP contribution in [-0.2, 0) is 0 Å². The molecule has 30 heavy (non-hydrogen) atoms. The zero-order valence-corrected chi connectivity index (χ0v) is 16.7. The van der Waals surface area contributed by atoms with Crippen LogP contribution in [0.3, 0.4) is 0 Å². The van der Waals surface area contributed by atoms with Crippen molar-refractivity contribution < 1.29 is 22.3 Å². The third-order valence-corrected chi connectivity index (χ3v) is 5.45. The second-order valence-corrected chi connectivity index (χ2v) is 7.52. The van der Waals surface area contributed by atoms with Crippen molar-refractivity contribution in [2.24, 2.45) is 0 Å². The highest BCUT2D eigenvalue weighted by atomic mass is 35.5. The highest BCUT2D eigenvalue weighted by Gasteiger charge is 2.30. The molecule has 3 aromatic rings. The predicted molar refractivity (Wildman–Crippen MR) is 106 cm³/mol. The van der Waals surface area contributed by atoms with Crippen LogP contribution in [0, 0.1) is 5.82 Å². The molecule has 158 valence electrons. The first-order valence-corrected chi connectivity index (χ1v) is 9.58. The molecule has 0 radical (unpaired) electrons. The van der Waals surface area contributed by atoms with Crippen LogP contribution in [0.25, 0.3) is 10.9 Å². The Kier molecular flexibility index (Phi) is 5.61. The van der Waals surface area contributed by atoms with Gasteiger partial charge in [0.15, 0.2) is 12.4 Å². The number of ether oxygens (including phenoxy) is 1. The maximum absolute atomic E-state index is 14.4. The van der Waals surface area contributed by atoms with Crippen molar-refractivity contribution in [1.29, 1.82) is 0 Å². The van der Waals surface area contributed by atoms with Gasteiger partial charge in [0.05, 0.1) is 21.2 Å². The van der Waals surface area contributed by atoms with Crippen molar-refractivity contribution in [2.75, 3.05) is 25.0 Å². The minimum absolute atomic E-state index is 0.0209. The summed E-state index contributed by atoms with van der Waals surface area (Å²) in [7, 11) is 0. The molecule has 1 fully saturated rings. The number of anilines is 2. The van der Waals surface area contributed by atoms with Gasteiger partial charge in [-0.05, 0) is 18.2 Å². The summed E-state index contributed by atoms with van der Waals surface area (Å²) in [5.74, 6) is -0.387. The lowest BCUT2D eigenvalue weighted by Gasteiger charge is -2.29. The van der Waals surface area contributed by atoms with Gasteiger partial charge in [-0.15, -0.1) is 0 Å². The fourth-order valence-electron chi connectivity index (χ4n) is 3.06. The van der Waals surface area contributed by atoms with Crippen molar-refractivity contribution in [3.63, 3.8) is 0 Å². The molecule has 0 saturated carbocycles. The third kappa shape index (κ3) is 4.23. The lowest BCUT2D eigenvalue weighted by molar-refractivity contribution is -0.153. The molecule has 1 aliphatic rings. The van der Waals surface area contributed by atoms with Crippen LogP contribution in [0.5, 0.6) is 5.75 Å². The second kappa shape index (κ2) is 8.05. The molecule has 11 heteroatoms. The molecule has 1 saturated heterocycles. The smallest absolute Gasteiger partial charge is 0.422 e. The van der Waals surface area contributed by atoms with Crippen LogP contribution in [0.15, 0.2) is 30.6 Å². The number of rotatable bonds is 5.